The van der Waals surface area contributed by atoms with E-state index in [1.807, 2.05) is 23.1 Å². The zero-order valence-electron chi connectivity index (χ0n) is 11.1. The van der Waals surface area contributed by atoms with Crippen LogP contribution in [0, 0.1) is 0 Å². The average molecular weight is 261 g/mol. The second kappa shape index (κ2) is 5.51. The van der Waals surface area contributed by atoms with Crippen LogP contribution < -0.4 is 9.47 Å². The van der Waals surface area contributed by atoms with Gasteiger partial charge in [0.25, 0.3) is 0 Å². The van der Waals surface area contributed by atoms with E-state index in [9.17, 15) is 4.79 Å². The number of likely N-dealkylation sites (tertiary alicyclic amines) is 1. The van der Waals surface area contributed by atoms with Crippen LogP contribution in [0.4, 0.5) is 0 Å². The summed E-state index contributed by atoms with van der Waals surface area (Å²) in [7, 11) is 0. The topological polar surface area (TPSA) is 38.8 Å². The van der Waals surface area contributed by atoms with Crippen LogP contribution in [0.3, 0.4) is 0 Å². The number of para-hydroxylation sites is 1. The molecule has 19 heavy (non-hydrogen) atoms. The van der Waals surface area contributed by atoms with Crippen LogP contribution in [0.15, 0.2) is 18.2 Å². The molecule has 3 rings (SSSR count). The maximum absolute atomic E-state index is 12.1. The molecule has 1 aromatic rings. The molecule has 2 aliphatic heterocycles. The molecule has 4 nitrogen and oxygen atoms in total. The minimum atomic E-state index is 0.260. The van der Waals surface area contributed by atoms with Crippen molar-refractivity contribution in [2.75, 3.05) is 19.9 Å². The number of carbonyl (C=O) groups excluding carboxylic acids is 1. The molecule has 0 aromatic heterocycles. The number of ether oxygens (including phenoxy) is 2. The Morgan fingerprint density at radius 1 is 1.16 bits per heavy atom. The van der Waals surface area contributed by atoms with Gasteiger partial charge in [-0.05, 0) is 37.3 Å². The Kier molecular flexibility index (Phi) is 3.58. The first-order valence-corrected chi connectivity index (χ1v) is 7.00. The Labute approximate surface area is 113 Å². The van der Waals surface area contributed by atoms with Crippen molar-refractivity contribution in [1.29, 1.82) is 0 Å². The quantitative estimate of drug-likeness (QED) is 0.838. The van der Waals surface area contributed by atoms with Crippen molar-refractivity contribution >= 4 is 5.91 Å². The third-order valence-electron chi connectivity index (χ3n) is 3.80. The summed E-state index contributed by atoms with van der Waals surface area (Å²) >= 11 is 0. The van der Waals surface area contributed by atoms with E-state index >= 15 is 0 Å². The number of rotatable bonds is 3. The highest BCUT2D eigenvalue weighted by Crippen LogP contribution is 2.35. The number of fused-ring (bicyclic) bond motifs is 1. The minimum Gasteiger partial charge on any atom is -0.454 e. The van der Waals surface area contributed by atoms with E-state index in [0.717, 1.165) is 49.4 Å². The molecule has 0 aliphatic carbocycles. The van der Waals surface area contributed by atoms with Crippen molar-refractivity contribution in [3.63, 3.8) is 0 Å². The summed E-state index contributed by atoms with van der Waals surface area (Å²) in [4.78, 5) is 14.1. The molecule has 1 amide bonds. The minimum absolute atomic E-state index is 0.260. The first-order valence-electron chi connectivity index (χ1n) is 7.00. The van der Waals surface area contributed by atoms with E-state index in [0.29, 0.717) is 6.42 Å². The van der Waals surface area contributed by atoms with Gasteiger partial charge in [-0.2, -0.15) is 0 Å². The molecule has 1 fully saturated rings. The van der Waals surface area contributed by atoms with E-state index in [4.69, 9.17) is 9.47 Å². The molecule has 0 unspecified atom stereocenters. The number of hydrogen-bond donors (Lipinski definition) is 0. The summed E-state index contributed by atoms with van der Waals surface area (Å²) in [5.74, 6) is 1.87. The van der Waals surface area contributed by atoms with Crippen LogP contribution >= 0.6 is 0 Å². The van der Waals surface area contributed by atoms with Crippen molar-refractivity contribution in [1.82, 2.24) is 4.90 Å². The van der Waals surface area contributed by atoms with Gasteiger partial charge in [0, 0.05) is 19.5 Å². The molecule has 0 spiro atoms. The van der Waals surface area contributed by atoms with Crippen molar-refractivity contribution in [2.24, 2.45) is 0 Å². The smallest absolute Gasteiger partial charge is 0.231 e. The fourth-order valence-electron chi connectivity index (χ4n) is 2.73. The van der Waals surface area contributed by atoms with Gasteiger partial charge < -0.3 is 14.4 Å². The number of aryl methyl sites for hydroxylation is 1. The third kappa shape index (κ3) is 2.67. The summed E-state index contributed by atoms with van der Waals surface area (Å²) < 4.78 is 10.8. The lowest BCUT2D eigenvalue weighted by molar-refractivity contribution is -0.132. The number of hydrogen-bond acceptors (Lipinski definition) is 3. The Morgan fingerprint density at radius 2 is 2.00 bits per heavy atom. The van der Waals surface area contributed by atoms with Crippen LogP contribution in [0.1, 0.15) is 31.2 Å². The van der Waals surface area contributed by atoms with Crippen LogP contribution in [0.25, 0.3) is 0 Å². The van der Waals surface area contributed by atoms with Crippen LogP contribution in [0.2, 0.25) is 0 Å². The van der Waals surface area contributed by atoms with Crippen molar-refractivity contribution in [2.45, 2.75) is 32.1 Å². The molecule has 1 saturated heterocycles. The summed E-state index contributed by atoms with van der Waals surface area (Å²) in [6, 6.07) is 5.86. The summed E-state index contributed by atoms with van der Waals surface area (Å²) in [6.45, 7) is 2.13. The Morgan fingerprint density at radius 3 is 2.84 bits per heavy atom. The molecule has 0 N–H and O–H groups in total. The molecule has 0 bridgehead atoms. The second-order valence-corrected chi connectivity index (χ2v) is 5.09. The largest absolute Gasteiger partial charge is 0.454 e. The van der Waals surface area contributed by atoms with E-state index in [2.05, 4.69) is 0 Å². The molecule has 0 saturated carbocycles. The fraction of sp³-hybridized carbons (Fsp3) is 0.533. The molecular weight excluding hydrogens is 242 g/mol. The van der Waals surface area contributed by atoms with E-state index in [1.165, 1.54) is 6.42 Å². The van der Waals surface area contributed by atoms with Gasteiger partial charge in [-0.1, -0.05) is 12.1 Å². The number of nitrogens with zero attached hydrogens (tertiary/aromatic N) is 1. The van der Waals surface area contributed by atoms with Gasteiger partial charge in [-0.3, -0.25) is 4.79 Å². The van der Waals surface area contributed by atoms with Crippen molar-refractivity contribution in [3.8, 4) is 11.5 Å². The highest BCUT2D eigenvalue weighted by Gasteiger charge is 2.20. The Bertz CT molecular complexity index is 466. The predicted molar refractivity (Wildman–Crippen MR) is 71.3 cm³/mol. The maximum Gasteiger partial charge on any atom is 0.231 e. The number of benzene rings is 1. The van der Waals surface area contributed by atoms with Gasteiger partial charge in [0.15, 0.2) is 11.5 Å². The highest BCUT2D eigenvalue weighted by atomic mass is 16.7. The first kappa shape index (κ1) is 12.3. The second-order valence-electron chi connectivity index (χ2n) is 5.09. The molecular formula is C15H19NO3. The standard InChI is InChI=1S/C15H19NO3/c17-14(16-9-2-1-3-10-16)8-7-12-5-4-6-13-15(12)19-11-18-13/h4-6H,1-3,7-11H2. The Balaban J connectivity index is 1.60. The average Bonchev–Trinajstić information content (AvgIpc) is 2.94. The van der Waals surface area contributed by atoms with E-state index in [-0.39, 0.29) is 12.7 Å². The summed E-state index contributed by atoms with van der Waals surface area (Å²) in [5.41, 5.74) is 1.07. The predicted octanol–water partition coefficient (Wildman–Crippen LogP) is 2.36. The fourth-order valence-corrected chi connectivity index (χ4v) is 2.73. The maximum atomic E-state index is 12.1. The lowest BCUT2D eigenvalue weighted by Crippen LogP contribution is -2.35. The van der Waals surface area contributed by atoms with E-state index in [1.54, 1.807) is 0 Å². The molecule has 0 atom stereocenters. The summed E-state index contributed by atoms with van der Waals surface area (Å²) in [6.07, 6.45) is 4.82. The zero-order valence-corrected chi connectivity index (χ0v) is 11.1. The lowest BCUT2D eigenvalue weighted by Gasteiger charge is -2.26. The number of carbonyl (C=O) groups is 1. The van der Waals surface area contributed by atoms with Crippen LogP contribution in [-0.4, -0.2) is 30.7 Å². The first-order chi connectivity index (χ1) is 9.34. The normalized spacial score (nSPS) is 17.6. The molecule has 1 aromatic carbocycles. The zero-order chi connectivity index (χ0) is 13.1. The van der Waals surface area contributed by atoms with Crippen molar-refractivity contribution < 1.29 is 14.3 Å². The molecule has 4 heteroatoms. The number of piperidine rings is 1. The lowest BCUT2D eigenvalue weighted by atomic mass is 10.1. The summed E-state index contributed by atoms with van der Waals surface area (Å²) in [5, 5.41) is 0. The van der Waals surface area contributed by atoms with Gasteiger partial charge in [0.2, 0.25) is 12.7 Å². The Hall–Kier alpha value is -1.71. The third-order valence-corrected chi connectivity index (χ3v) is 3.80. The van der Waals surface area contributed by atoms with Crippen molar-refractivity contribution in [3.05, 3.63) is 23.8 Å². The molecule has 0 radical (unpaired) electrons. The molecule has 102 valence electrons. The SMILES string of the molecule is O=C(CCc1cccc2c1OCO2)N1CCCCC1. The van der Waals surface area contributed by atoms with Gasteiger partial charge >= 0.3 is 0 Å². The number of amides is 1. The van der Waals surface area contributed by atoms with Crippen LogP contribution in [0.5, 0.6) is 11.5 Å². The molecule has 2 heterocycles. The van der Waals surface area contributed by atoms with Gasteiger partial charge in [0.1, 0.15) is 0 Å². The van der Waals surface area contributed by atoms with Gasteiger partial charge in [-0.25, -0.2) is 0 Å². The van der Waals surface area contributed by atoms with Crippen LogP contribution in [-0.2, 0) is 11.2 Å². The monoisotopic (exact) mass is 261 g/mol. The molecule has 2 aliphatic rings. The highest BCUT2D eigenvalue weighted by molar-refractivity contribution is 5.76. The van der Waals surface area contributed by atoms with Gasteiger partial charge in [0.05, 0.1) is 0 Å². The van der Waals surface area contributed by atoms with E-state index < -0.39 is 0 Å². The van der Waals surface area contributed by atoms with Gasteiger partial charge in [-0.15, -0.1) is 0 Å².